The molecule has 0 amide bonds. The molecule has 1 unspecified atom stereocenters. The number of aliphatic hydroxyl groups is 1. The summed E-state index contributed by atoms with van der Waals surface area (Å²) in [6.07, 6.45) is 3.85. The van der Waals surface area contributed by atoms with Crippen molar-refractivity contribution in [1.29, 1.82) is 0 Å². The topological polar surface area (TPSA) is 33.1 Å². The Morgan fingerprint density at radius 2 is 1.89 bits per heavy atom. The third kappa shape index (κ3) is 1.81. The van der Waals surface area contributed by atoms with Crippen LogP contribution in [0, 0.1) is 5.82 Å². The van der Waals surface area contributed by atoms with Gasteiger partial charge in [0.25, 0.3) is 0 Å². The van der Waals surface area contributed by atoms with Gasteiger partial charge in [-0.2, -0.15) is 0 Å². The Kier molecular flexibility index (Phi) is 2.63. The first-order valence-corrected chi connectivity index (χ1v) is 6.06. The summed E-state index contributed by atoms with van der Waals surface area (Å²) >= 11 is 0. The molecule has 0 spiro atoms. The van der Waals surface area contributed by atoms with Crippen molar-refractivity contribution in [1.82, 2.24) is 4.98 Å². The molecule has 1 fully saturated rings. The Labute approximate surface area is 105 Å². The molecule has 0 radical (unpaired) electrons. The zero-order valence-electron chi connectivity index (χ0n) is 9.88. The first-order chi connectivity index (χ1) is 8.72. The Bertz CT molecular complexity index is 551. The van der Waals surface area contributed by atoms with Gasteiger partial charge in [-0.3, -0.25) is 4.98 Å². The lowest BCUT2D eigenvalue weighted by Gasteiger charge is -2.22. The second kappa shape index (κ2) is 4.18. The van der Waals surface area contributed by atoms with Gasteiger partial charge in [0, 0.05) is 17.2 Å². The molecule has 1 aromatic carbocycles. The highest BCUT2D eigenvalue weighted by Crippen LogP contribution is 2.56. The molecular weight excluding hydrogens is 229 g/mol. The lowest BCUT2D eigenvalue weighted by atomic mass is 9.86. The van der Waals surface area contributed by atoms with E-state index in [1.54, 1.807) is 0 Å². The monoisotopic (exact) mass is 243 g/mol. The van der Waals surface area contributed by atoms with Crippen LogP contribution in [0.15, 0.2) is 48.8 Å². The van der Waals surface area contributed by atoms with Crippen LogP contribution < -0.4 is 0 Å². The van der Waals surface area contributed by atoms with E-state index in [0.29, 0.717) is 5.56 Å². The van der Waals surface area contributed by atoms with E-state index in [1.165, 1.54) is 12.3 Å². The van der Waals surface area contributed by atoms with E-state index in [4.69, 9.17) is 0 Å². The summed E-state index contributed by atoms with van der Waals surface area (Å²) in [5.41, 5.74) is 1.41. The lowest BCUT2D eigenvalue weighted by Crippen LogP contribution is -2.18. The Morgan fingerprint density at radius 3 is 2.50 bits per heavy atom. The Balaban J connectivity index is 1.95. The minimum Gasteiger partial charge on any atom is -0.387 e. The van der Waals surface area contributed by atoms with Gasteiger partial charge in [0.05, 0.1) is 12.3 Å². The van der Waals surface area contributed by atoms with Crippen LogP contribution >= 0.6 is 0 Å². The van der Waals surface area contributed by atoms with Crippen LogP contribution in [0.3, 0.4) is 0 Å². The maximum absolute atomic E-state index is 13.2. The summed E-state index contributed by atoms with van der Waals surface area (Å²) in [6.45, 7) is 0. The lowest BCUT2D eigenvalue weighted by molar-refractivity contribution is 0.132. The molecule has 1 heterocycles. The number of benzene rings is 1. The van der Waals surface area contributed by atoms with Crippen LogP contribution in [0.2, 0.25) is 0 Å². The van der Waals surface area contributed by atoms with Crippen molar-refractivity contribution in [3.63, 3.8) is 0 Å². The SMILES string of the molecule is OC(c1cncc(F)c1)C1(c2ccccc2)CC1. The number of aliphatic hydroxyl groups excluding tert-OH is 1. The number of pyridine rings is 1. The summed E-state index contributed by atoms with van der Waals surface area (Å²) in [5, 5.41) is 10.5. The second-order valence-electron chi connectivity index (χ2n) is 4.86. The van der Waals surface area contributed by atoms with Gasteiger partial charge in [-0.25, -0.2) is 4.39 Å². The molecule has 1 aromatic heterocycles. The Hall–Kier alpha value is -1.74. The zero-order chi connectivity index (χ0) is 12.6. The molecule has 1 saturated carbocycles. The van der Waals surface area contributed by atoms with E-state index in [-0.39, 0.29) is 5.41 Å². The van der Waals surface area contributed by atoms with Crippen LogP contribution in [0.5, 0.6) is 0 Å². The average Bonchev–Trinajstić information content (AvgIpc) is 3.20. The van der Waals surface area contributed by atoms with E-state index in [0.717, 1.165) is 24.6 Å². The van der Waals surface area contributed by atoms with Gasteiger partial charge in [0.2, 0.25) is 0 Å². The normalized spacial score (nSPS) is 18.3. The maximum atomic E-state index is 13.2. The number of aromatic nitrogens is 1. The molecular formula is C15H14FNO. The molecule has 1 aliphatic rings. The third-order valence-corrected chi connectivity index (χ3v) is 3.70. The zero-order valence-corrected chi connectivity index (χ0v) is 9.88. The van der Waals surface area contributed by atoms with Gasteiger partial charge in [-0.05, 0) is 24.5 Å². The summed E-state index contributed by atoms with van der Waals surface area (Å²) in [7, 11) is 0. The van der Waals surface area contributed by atoms with Gasteiger partial charge >= 0.3 is 0 Å². The molecule has 1 atom stereocenters. The van der Waals surface area contributed by atoms with Crippen molar-refractivity contribution in [3.05, 3.63) is 65.7 Å². The van der Waals surface area contributed by atoms with E-state index >= 15 is 0 Å². The molecule has 18 heavy (non-hydrogen) atoms. The van der Waals surface area contributed by atoms with Crippen LogP contribution in [-0.2, 0) is 5.41 Å². The summed E-state index contributed by atoms with van der Waals surface area (Å²) in [5.74, 6) is -0.407. The number of halogens is 1. The van der Waals surface area contributed by atoms with E-state index in [2.05, 4.69) is 4.98 Å². The fourth-order valence-corrected chi connectivity index (χ4v) is 2.52. The molecule has 0 saturated heterocycles. The van der Waals surface area contributed by atoms with E-state index in [9.17, 15) is 9.50 Å². The summed E-state index contributed by atoms with van der Waals surface area (Å²) in [6, 6.07) is 11.3. The first kappa shape index (κ1) is 11.4. The van der Waals surface area contributed by atoms with Gasteiger partial charge in [-0.15, -0.1) is 0 Å². The number of nitrogens with zero attached hydrogens (tertiary/aromatic N) is 1. The smallest absolute Gasteiger partial charge is 0.141 e. The van der Waals surface area contributed by atoms with Gasteiger partial charge < -0.3 is 5.11 Å². The summed E-state index contributed by atoms with van der Waals surface area (Å²) in [4.78, 5) is 3.81. The summed E-state index contributed by atoms with van der Waals surface area (Å²) < 4.78 is 13.2. The van der Waals surface area contributed by atoms with Crippen molar-refractivity contribution in [3.8, 4) is 0 Å². The highest BCUT2D eigenvalue weighted by Gasteiger charge is 2.50. The number of rotatable bonds is 3. The molecule has 2 nitrogen and oxygen atoms in total. The third-order valence-electron chi connectivity index (χ3n) is 3.70. The molecule has 0 bridgehead atoms. The largest absolute Gasteiger partial charge is 0.387 e. The van der Waals surface area contributed by atoms with Crippen LogP contribution in [-0.4, -0.2) is 10.1 Å². The van der Waals surface area contributed by atoms with Gasteiger partial charge in [0.1, 0.15) is 5.82 Å². The van der Waals surface area contributed by atoms with Gasteiger partial charge in [0.15, 0.2) is 0 Å². The molecule has 0 aliphatic heterocycles. The highest BCUT2D eigenvalue weighted by molar-refractivity contribution is 5.36. The van der Waals surface area contributed by atoms with Crippen molar-refractivity contribution >= 4 is 0 Å². The number of hydrogen-bond donors (Lipinski definition) is 1. The van der Waals surface area contributed by atoms with Crippen LogP contribution in [0.4, 0.5) is 4.39 Å². The predicted molar refractivity (Wildman–Crippen MR) is 66.5 cm³/mol. The minimum atomic E-state index is -0.692. The second-order valence-corrected chi connectivity index (χ2v) is 4.86. The maximum Gasteiger partial charge on any atom is 0.141 e. The predicted octanol–water partition coefficient (Wildman–Crippen LogP) is 2.99. The standard InChI is InChI=1S/C15H14FNO/c16-13-8-11(9-17-10-13)14(18)15(6-7-15)12-4-2-1-3-5-12/h1-5,8-10,14,18H,6-7H2. The van der Waals surface area contributed by atoms with E-state index < -0.39 is 11.9 Å². The molecule has 92 valence electrons. The first-order valence-electron chi connectivity index (χ1n) is 6.06. The van der Waals surface area contributed by atoms with Crippen LogP contribution in [0.1, 0.15) is 30.1 Å². The number of hydrogen-bond acceptors (Lipinski definition) is 2. The molecule has 3 heteroatoms. The molecule has 2 aromatic rings. The fourth-order valence-electron chi connectivity index (χ4n) is 2.52. The average molecular weight is 243 g/mol. The van der Waals surface area contributed by atoms with Crippen molar-refractivity contribution in [2.45, 2.75) is 24.4 Å². The Morgan fingerprint density at radius 1 is 1.17 bits per heavy atom. The van der Waals surface area contributed by atoms with Gasteiger partial charge in [-0.1, -0.05) is 30.3 Å². The fraction of sp³-hybridized carbons (Fsp3) is 0.267. The van der Waals surface area contributed by atoms with E-state index in [1.807, 2.05) is 30.3 Å². The highest BCUT2D eigenvalue weighted by atomic mass is 19.1. The van der Waals surface area contributed by atoms with Crippen molar-refractivity contribution in [2.24, 2.45) is 0 Å². The molecule has 1 aliphatic carbocycles. The minimum absolute atomic E-state index is 0.253. The molecule has 1 N–H and O–H groups in total. The quantitative estimate of drug-likeness (QED) is 0.899. The van der Waals surface area contributed by atoms with Crippen molar-refractivity contribution < 1.29 is 9.50 Å². The van der Waals surface area contributed by atoms with Crippen molar-refractivity contribution in [2.75, 3.05) is 0 Å². The molecule has 3 rings (SSSR count). The van der Waals surface area contributed by atoms with Crippen LogP contribution in [0.25, 0.3) is 0 Å².